The van der Waals surface area contributed by atoms with Crippen LogP contribution in [0.5, 0.6) is 5.75 Å². The number of fused-ring (bicyclic) bond motifs is 1. The molecule has 0 amide bonds. The molecule has 94 valence electrons. The van der Waals surface area contributed by atoms with Crippen molar-refractivity contribution in [2.75, 3.05) is 0 Å². The molecule has 5 heteroatoms. The summed E-state index contributed by atoms with van der Waals surface area (Å²) in [6, 6.07) is 4.47. The number of nitrogens with two attached hydrogens (primary N) is 1. The van der Waals surface area contributed by atoms with Gasteiger partial charge in [0.15, 0.2) is 11.5 Å². The lowest BCUT2D eigenvalue weighted by Crippen LogP contribution is -2.26. The molecule has 2 aromatic rings. The van der Waals surface area contributed by atoms with Crippen LogP contribution in [0.2, 0.25) is 0 Å². The van der Waals surface area contributed by atoms with Crippen LogP contribution in [0.4, 0.5) is 0 Å². The molecule has 2 heterocycles. The summed E-state index contributed by atoms with van der Waals surface area (Å²) in [6.07, 6.45) is 3.51. The van der Waals surface area contributed by atoms with Gasteiger partial charge in [-0.1, -0.05) is 0 Å². The molecule has 0 aliphatic rings. The number of aromatic nitrogens is 1. The first-order valence-corrected chi connectivity index (χ1v) is 5.58. The predicted molar refractivity (Wildman–Crippen MR) is 66.7 cm³/mol. The fourth-order valence-electron chi connectivity index (χ4n) is 1.81. The zero-order valence-corrected chi connectivity index (χ0v) is 10.2. The van der Waals surface area contributed by atoms with E-state index in [-0.39, 0.29) is 5.78 Å². The van der Waals surface area contributed by atoms with Crippen molar-refractivity contribution in [3.05, 3.63) is 36.2 Å². The second kappa shape index (κ2) is 4.62. The first-order valence-electron chi connectivity index (χ1n) is 5.58. The summed E-state index contributed by atoms with van der Waals surface area (Å²) >= 11 is 0. The number of hydrogen-bond acceptors (Lipinski definition) is 4. The molecule has 0 fully saturated rings. The van der Waals surface area contributed by atoms with Crippen LogP contribution in [0.3, 0.4) is 0 Å². The van der Waals surface area contributed by atoms with E-state index < -0.39 is 12.0 Å². The van der Waals surface area contributed by atoms with Gasteiger partial charge in [0.05, 0.1) is 11.6 Å². The lowest BCUT2D eigenvalue weighted by molar-refractivity contribution is -0.131. The summed E-state index contributed by atoms with van der Waals surface area (Å²) < 4.78 is 6.83. The molecule has 0 bridgehead atoms. The SMILES string of the molecule is CC(=O)Oc1cccn2ccc(C(=O)C(C)N)c12. The van der Waals surface area contributed by atoms with Crippen LogP contribution < -0.4 is 10.5 Å². The molecule has 18 heavy (non-hydrogen) atoms. The maximum Gasteiger partial charge on any atom is 0.308 e. The normalized spacial score (nSPS) is 12.4. The van der Waals surface area contributed by atoms with E-state index >= 15 is 0 Å². The molecule has 2 aromatic heterocycles. The van der Waals surface area contributed by atoms with Crippen LogP contribution in [0, 0.1) is 0 Å². The minimum Gasteiger partial charge on any atom is -0.424 e. The van der Waals surface area contributed by atoms with Gasteiger partial charge in [0.2, 0.25) is 0 Å². The monoisotopic (exact) mass is 246 g/mol. The molecule has 0 aliphatic heterocycles. The third-order valence-electron chi connectivity index (χ3n) is 2.58. The third kappa shape index (κ3) is 2.12. The second-order valence-electron chi connectivity index (χ2n) is 4.10. The topological polar surface area (TPSA) is 73.8 Å². The van der Waals surface area contributed by atoms with Crippen LogP contribution in [0.15, 0.2) is 30.6 Å². The highest BCUT2D eigenvalue weighted by atomic mass is 16.5. The number of carbonyl (C=O) groups is 2. The van der Waals surface area contributed by atoms with Crippen molar-refractivity contribution in [1.82, 2.24) is 4.40 Å². The van der Waals surface area contributed by atoms with Gasteiger partial charge in [-0.2, -0.15) is 0 Å². The van der Waals surface area contributed by atoms with E-state index in [1.165, 1.54) is 6.92 Å². The maximum absolute atomic E-state index is 12.0. The van der Waals surface area contributed by atoms with Crippen LogP contribution in [0.25, 0.3) is 5.52 Å². The standard InChI is InChI=1S/C13H14N2O3/c1-8(14)13(17)10-5-7-15-6-3-4-11(12(10)15)18-9(2)16/h3-8H,14H2,1-2H3. The van der Waals surface area contributed by atoms with Crippen molar-refractivity contribution >= 4 is 17.3 Å². The van der Waals surface area contributed by atoms with E-state index in [9.17, 15) is 9.59 Å². The van der Waals surface area contributed by atoms with Crippen molar-refractivity contribution in [1.29, 1.82) is 0 Å². The second-order valence-corrected chi connectivity index (χ2v) is 4.10. The molecule has 0 aromatic carbocycles. The van der Waals surface area contributed by atoms with Crippen LogP contribution in [0.1, 0.15) is 24.2 Å². The van der Waals surface area contributed by atoms with E-state index in [0.717, 1.165) is 0 Å². The largest absolute Gasteiger partial charge is 0.424 e. The van der Waals surface area contributed by atoms with Gasteiger partial charge < -0.3 is 14.9 Å². The maximum atomic E-state index is 12.0. The number of rotatable bonds is 3. The third-order valence-corrected chi connectivity index (χ3v) is 2.58. The Hall–Kier alpha value is -2.14. The molecule has 0 radical (unpaired) electrons. The summed E-state index contributed by atoms with van der Waals surface area (Å²) in [5.74, 6) is -0.250. The van der Waals surface area contributed by atoms with Gasteiger partial charge >= 0.3 is 5.97 Å². The summed E-state index contributed by atoms with van der Waals surface area (Å²) in [7, 11) is 0. The average molecular weight is 246 g/mol. The Morgan fingerprint density at radius 2 is 2.06 bits per heavy atom. The average Bonchev–Trinajstić information content (AvgIpc) is 2.72. The summed E-state index contributed by atoms with van der Waals surface area (Å²) in [4.78, 5) is 23.0. The molecular formula is C13H14N2O3. The highest BCUT2D eigenvalue weighted by Crippen LogP contribution is 2.25. The zero-order valence-electron chi connectivity index (χ0n) is 10.2. The number of nitrogens with zero attached hydrogens (tertiary/aromatic N) is 1. The van der Waals surface area contributed by atoms with Gasteiger partial charge in [-0.3, -0.25) is 9.59 Å². The number of pyridine rings is 1. The van der Waals surface area contributed by atoms with Gasteiger partial charge in [-0.25, -0.2) is 0 Å². The summed E-state index contributed by atoms with van der Waals surface area (Å²) in [5, 5.41) is 0. The number of ether oxygens (including phenoxy) is 1. The lowest BCUT2D eigenvalue weighted by atomic mass is 10.1. The highest BCUT2D eigenvalue weighted by Gasteiger charge is 2.18. The number of esters is 1. The Morgan fingerprint density at radius 1 is 1.33 bits per heavy atom. The molecule has 5 nitrogen and oxygen atoms in total. The van der Waals surface area contributed by atoms with Gasteiger partial charge in [0, 0.05) is 24.9 Å². The molecule has 1 atom stereocenters. The fraction of sp³-hybridized carbons (Fsp3) is 0.231. The first kappa shape index (κ1) is 12.3. The van der Waals surface area contributed by atoms with Crippen LogP contribution >= 0.6 is 0 Å². The van der Waals surface area contributed by atoms with E-state index in [1.54, 1.807) is 41.9 Å². The van der Waals surface area contributed by atoms with Crippen molar-refractivity contribution in [2.24, 2.45) is 5.73 Å². The zero-order chi connectivity index (χ0) is 13.3. The number of Topliss-reactive ketones (excluding diaryl/α,β-unsaturated/α-hetero) is 1. The molecule has 0 aliphatic carbocycles. The number of ketones is 1. The Balaban J connectivity index is 2.62. The molecule has 2 rings (SSSR count). The Bertz CT molecular complexity index is 614. The van der Waals surface area contributed by atoms with Gasteiger partial charge in [0.25, 0.3) is 0 Å². The Morgan fingerprint density at radius 3 is 2.67 bits per heavy atom. The molecule has 1 unspecified atom stereocenters. The van der Waals surface area contributed by atoms with Crippen molar-refractivity contribution < 1.29 is 14.3 Å². The molecule has 0 spiro atoms. The minimum atomic E-state index is -0.596. The van der Waals surface area contributed by atoms with Crippen LogP contribution in [-0.2, 0) is 4.79 Å². The van der Waals surface area contributed by atoms with E-state index in [2.05, 4.69) is 0 Å². The number of carbonyl (C=O) groups excluding carboxylic acids is 2. The molecule has 2 N–H and O–H groups in total. The van der Waals surface area contributed by atoms with Crippen molar-refractivity contribution in [3.8, 4) is 5.75 Å². The van der Waals surface area contributed by atoms with Crippen molar-refractivity contribution in [3.63, 3.8) is 0 Å². The van der Waals surface area contributed by atoms with Crippen LogP contribution in [-0.4, -0.2) is 22.2 Å². The predicted octanol–water partition coefficient (Wildman–Crippen LogP) is 1.39. The van der Waals surface area contributed by atoms with E-state index in [1.807, 2.05) is 0 Å². The molecule has 0 saturated carbocycles. The minimum absolute atomic E-state index is 0.183. The van der Waals surface area contributed by atoms with Gasteiger partial charge in [-0.15, -0.1) is 0 Å². The number of hydrogen-bond donors (Lipinski definition) is 1. The Kier molecular flexibility index (Phi) is 3.16. The fourth-order valence-corrected chi connectivity index (χ4v) is 1.81. The Labute approximate surface area is 104 Å². The summed E-state index contributed by atoms with van der Waals surface area (Å²) in [6.45, 7) is 2.94. The van der Waals surface area contributed by atoms with Gasteiger partial charge in [0.1, 0.15) is 0 Å². The van der Waals surface area contributed by atoms with Gasteiger partial charge in [-0.05, 0) is 25.1 Å². The van der Waals surface area contributed by atoms with E-state index in [0.29, 0.717) is 16.8 Å². The smallest absolute Gasteiger partial charge is 0.308 e. The summed E-state index contributed by atoms with van der Waals surface area (Å²) in [5.41, 5.74) is 6.63. The van der Waals surface area contributed by atoms with E-state index in [4.69, 9.17) is 10.5 Å². The first-order chi connectivity index (χ1) is 8.50. The molecule has 0 saturated heterocycles. The molecular weight excluding hydrogens is 232 g/mol. The van der Waals surface area contributed by atoms with Crippen molar-refractivity contribution in [2.45, 2.75) is 19.9 Å². The lowest BCUT2D eigenvalue weighted by Gasteiger charge is -2.07. The quantitative estimate of drug-likeness (QED) is 0.656. The highest BCUT2D eigenvalue weighted by molar-refractivity contribution is 6.07.